The molecule has 0 atom stereocenters. The quantitative estimate of drug-likeness (QED) is 0.837. The average Bonchev–Trinajstić information content (AvgIpc) is 2.67. The molecule has 1 fully saturated rings. The van der Waals surface area contributed by atoms with Crippen LogP contribution in [0.25, 0.3) is 0 Å². The Kier molecular flexibility index (Phi) is 6.25. The van der Waals surface area contributed by atoms with E-state index >= 15 is 0 Å². The second-order valence-corrected chi connectivity index (χ2v) is 6.17. The minimum atomic E-state index is -0.314. The lowest BCUT2D eigenvalue weighted by atomic mass is 10.1. The van der Waals surface area contributed by atoms with E-state index in [9.17, 15) is 4.39 Å². The van der Waals surface area contributed by atoms with Gasteiger partial charge in [-0.1, -0.05) is 30.3 Å². The molecule has 5 heteroatoms. The van der Waals surface area contributed by atoms with E-state index < -0.39 is 0 Å². The van der Waals surface area contributed by atoms with Crippen molar-refractivity contribution in [2.24, 2.45) is 0 Å². The van der Waals surface area contributed by atoms with Gasteiger partial charge in [-0.3, -0.25) is 0 Å². The fourth-order valence-corrected chi connectivity index (χ4v) is 3.06. The Morgan fingerprint density at radius 3 is 2.48 bits per heavy atom. The monoisotopic (exact) mass is 344 g/mol. The minimum Gasteiger partial charge on any atom is -0.496 e. The van der Waals surface area contributed by atoms with Crippen LogP contribution in [0.3, 0.4) is 0 Å². The third-order valence-electron chi connectivity index (χ3n) is 4.51. The molecular weight excluding hydrogens is 319 g/mol. The highest BCUT2D eigenvalue weighted by Gasteiger charge is 2.17. The zero-order valence-electron chi connectivity index (χ0n) is 14.6. The maximum Gasteiger partial charge on any atom is 0.172 e. The van der Waals surface area contributed by atoms with Gasteiger partial charge in [-0.05, 0) is 24.1 Å². The van der Waals surface area contributed by atoms with E-state index in [1.807, 2.05) is 30.3 Å². The number of piperazine rings is 1. The van der Waals surface area contributed by atoms with Crippen molar-refractivity contribution in [3.8, 4) is 11.5 Å². The van der Waals surface area contributed by atoms with E-state index in [1.54, 1.807) is 19.2 Å². The lowest BCUT2D eigenvalue weighted by Gasteiger charge is -2.27. The van der Waals surface area contributed by atoms with Crippen molar-refractivity contribution in [2.75, 3.05) is 39.8 Å². The Balaban J connectivity index is 1.69. The number of benzene rings is 2. The van der Waals surface area contributed by atoms with E-state index in [4.69, 9.17) is 9.47 Å². The second-order valence-electron chi connectivity index (χ2n) is 6.17. The molecule has 4 nitrogen and oxygen atoms in total. The summed E-state index contributed by atoms with van der Waals surface area (Å²) in [4.78, 5) is 2.34. The number of nitrogens with one attached hydrogen (secondary N) is 1. The first-order valence-electron chi connectivity index (χ1n) is 8.73. The minimum absolute atomic E-state index is 0.278. The normalized spacial score (nSPS) is 15.1. The van der Waals surface area contributed by atoms with Crippen LogP contribution >= 0.6 is 0 Å². The number of nitrogens with zero attached hydrogens (tertiary/aromatic N) is 1. The van der Waals surface area contributed by atoms with Crippen molar-refractivity contribution in [1.29, 1.82) is 0 Å². The third-order valence-corrected chi connectivity index (χ3v) is 4.51. The van der Waals surface area contributed by atoms with Crippen molar-refractivity contribution >= 4 is 0 Å². The van der Waals surface area contributed by atoms with Crippen LogP contribution in [-0.2, 0) is 13.0 Å². The topological polar surface area (TPSA) is 33.7 Å². The maximum atomic E-state index is 14.9. The van der Waals surface area contributed by atoms with Gasteiger partial charge in [-0.2, -0.15) is 0 Å². The predicted octanol–water partition coefficient (Wildman–Crippen LogP) is 2.86. The molecule has 2 aromatic carbocycles. The SMILES string of the molecule is COc1ccc(OCc2ccccc2)c(F)c1CCN1CCNCC1. The van der Waals surface area contributed by atoms with Gasteiger partial charge in [0.25, 0.3) is 0 Å². The van der Waals surface area contributed by atoms with E-state index in [0.29, 0.717) is 24.3 Å². The first-order valence-corrected chi connectivity index (χ1v) is 8.73. The van der Waals surface area contributed by atoms with E-state index in [1.165, 1.54) is 0 Å². The summed E-state index contributed by atoms with van der Waals surface area (Å²) in [5.41, 5.74) is 1.60. The molecule has 0 aliphatic carbocycles. The summed E-state index contributed by atoms with van der Waals surface area (Å²) in [7, 11) is 1.58. The van der Waals surface area contributed by atoms with Crippen LogP contribution in [0.4, 0.5) is 4.39 Å². The van der Waals surface area contributed by atoms with Gasteiger partial charge in [0, 0.05) is 38.3 Å². The Hall–Kier alpha value is -2.11. The predicted molar refractivity (Wildman–Crippen MR) is 96.7 cm³/mol. The number of methoxy groups -OCH3 is 1. The summed E-state index contributed by atoms with van der Waals surface area (Å²) >= 11 is 0. The zero-order chi connectivity index (χ0) is 17.5. The van der Waals surface area contributed by atoms with E-state index in [2.05, 4.69) is 10.2 Å². The van der Waals surface area contributed by atoms with Crippen LogP contribution in [0.2, 0.25) is 0 Å². The second kappa shape index (κ2) is 8.83. The van der Waals surface area contributed by atoms with Crippen molar-refractivity contribution < 1.29 is 13.9 Å². The lowest BCUT2D eigenvalue weighted by molar-refractivity contribution is 0.241. The summed E-state index contributed by atoms with van der Waals surface area (Å²) in [6, 6.07) is 13.2. The standard InChI is InChI=1S/C20H25FN2O2/c1-24-18-7-8-19(25-15-16-5-3-2-4-6-16)20(21)17(18)9-12-23-13-10-22-11-14-23/h2-8,22H,9-15H2,1H3. The highest BCUT2D eigenvalue weighted by molar-refractivity contribution is 5.42. The van der Waals surface area contributed by atoms with Crippen molar-refractivity contribution in [1.82, 2.24) is 10.2 Å². The number of hydrogen-bond donors (Lipinski definition) is 1. The number of rotatable bonds is 7. The van der Waals surface area contributed by atoms with Crippen molar-refractivity contribution in [2.45, 2.75) is 13.0 Å². The van der Waals surface area contributed by atoms with Gasteiger partial charge in [-0.25, -0.2) is 4.39 Å². The van der Waals surface area contributed by atoms with Crippen LogP contribution in [0, 0.1) is 5.82 Å². The molecule has 0 aromatic heterocycles. The van der Waals surface area contributed by atoms with E-state index in [-0.39, 0.29) is 11.6 Å². The molecule has 1 aliphatic heterocycles. The fraction of sp³-hybridized carbons (Fsp3) is 0.400. The van der Waals surface area contributed by atoms with Gasteiger partial charge in [0.05, 0.1) is 7.11 Å². The lowest BCUT2D eigenvalue weighted by Crippen LogP contribution is -2.44. The molecule has 0 saturated carbocycles. The molecule has 0 unspecified atom stereocenters. The summed E-state index contributed by atoms with van der Waals surface area (Å²) in [6.45, 7) is 5.13. The Morgan fingerprint density at radius 1 is 1.04 bits per heavy atom. The molecule has 1 heterocycles. The highest BCUT2D eigenvalue weighted by atomic mass is 19.1. The van der Waals surface area contributed by atoms with Crippen LogP contribution < -0.4 is 14.8 Å². The summed E-state index contributed by atoms with van der Waals surface area (Å²) in [5, 5.41) is 3.33. The smallest absolute Gasteiger partial charge is 0.172 e. The van der Waals surface area contributed by atoms with Gasteiger partial charge in [0.15, 0.2) is 11.6 Å². The van der Waals surface area contributed by atoms with Crippen LogP contribution in [-0.4, -0.2) is 44.7 Å². The first-order chi connectivity index (χ1) is 12.3. The summed E-state index contributed by atoms with van der Waals surface area (Å²) < 4.78 is 26.0. The molecule has 2 aromatic rings. The Morgan fingerprint density at radius 2 is 1.76 bits per heavy atom. The molecule has 0 amide bonds. The number of ether oxygens (including phenoxy) is 2. The zero-order valence-corrected chi connectivity index (χ0v) is 14.6. The molecular formula is C20H25FN2O2. The van der Waals surface area contributed by atoms with Crippen LogP contribution in [0.5, 0.6) is 11.5 Å². The molecule has 1 saturated heterocycles. The first kappa shape index (κ1) is 17.7. The number of hydrogen-bond acceptors (Lipinski definition) is 4. The largest absolute Gasteiger partial charge is 0.496 e. The molecule has 1 N–H and O–H groups in total. The summed E-state index contributed by atoms with van der Waals surface area (Å²) in [6.07, 6.45) is 0.609. The van der Waals surface area contributed by atoms with E-state index in [0.717, 1.165) is 38.3 Å². The molecule has 0 spiro atoms. The number of halogens is 1. The van der Waals surface area contributed by atoms with Gasteiger partial charge in [-0.15, -0.1) is 0 Å². The molecule has 25 heavy (non-hydrogen) atoms. The molecule has 0 bridgehead atoms. The van der Waals surface area contributed by atoms with Gasteiger partial charge in [0.1, 0.15) is 12.4 Å². The van der Waals surface area contributed by atoms with Gasteiger partial charge in [0.2, 0.25) is 0 Å². The average molecular weight is 344 g/mol. The highest BCUT2D eigenvalue weighted by Crippen LogP contribution is 2.30. The van der Waals surface area contributed by atoms with Crippen LogP contribution in [0.1, 0.15) is 11.1 Å². The molecule has 3 rings (SSSR count). The van der Waals surface area contributed by atoms with Gasteiger partial charge >= 0.3 is 0 Å². The fourth-order valence-electron chi connectivity index (χ4n) is 3.06. The molecule has 1 aliphatic rings. The van der Waals surface area contributed by atoms with Crippen molar-refractivity contribution in [3.63, 3.8) is 0 Å². The Bertz CT molecular complexity index is 673. The maximum absolute atomic E-state index is 14.9. The third kappa shape index (κ3) is 4.71. The molecule has 0 radical (unpaired) electrons. The Labute approximate surface area is 148 Å². The van der Waals surface area contributed by atoms with Crippen molar-refractivity contribution in [3.05, 3.63) is 59.4 Å². The van der Waals surface area contributed by atoms with Gasteiger partial charge < -0.3 is 19.7 Å². The van der Waals surface area contributed by atoms with Crippen LogP contribution in [0.15, 0.2) is 42.5 Å². The summed E-state index contributed by atoms with van der Waals surface area (Å²) in [5.74, 6) is 0.546. The molecule has 134 valence electrons.